The molecule has 3 aromatic carbocycles. The second-order valence-corrected chi connectivity index (χ2v) is 8.92. The van der Waals surface area contributed by atoms with E-state index in [9.17, 15) is 0 Å². The minimum absolute atomic E-state index is 0.443. The molecule has 3 aromatic heterocycles. The maximum Gasteiger partial charge on any atom is 0.217 e. The van der Waals surface area contributed by atoms with Gasteiger partial charge in [-0.05, 0) is 54.1 Å². The van der Waals surface area contributed by atoms with Crippen LogP contribution in [-0.4, -0.2) is 33.0 Å². The van der Waals surface area contributed by atoms with Gasteiger partial charge in [-0.15, -0.1) is 0 Å². The highest BCUT2D eigenvalue weighted by Crippen LogP contribution is 2.33. The van der Waals surface area contributed by atoms with Gasteiger partial charge in [-0.2, -0.15) is 5.10 Å². The molecule has 0 radical (unpaired) electrons. The van der Waals surface area contributed by atoms with Crippen LogP contribution in [0.25, 0.3) is 33.1 Å². The summed E-state index contributed by atoms with van der Waals surface area (Å²) in [6.45, 7) is 1.87. The minimum Gasteiger partial charge on any atom is -0.456 e. The highest BCUT2D eigenvalue weighted by atomic mass is 16.7. The zero-order chi connectivity index (χ0) is 24.6. The highest BCUT2D eigenvalue weighted by Gasteiger charge is 2.22. The van der Waals surface area contributed by atoms with Crippen molar-refractivity contribution in [2.45, 2.75) is 12.8 Å². The van der Waals surface area contributed by atoms with Crippen LogP contribution in [0.15, 0.2) is 95.8 Å². The number of nitrogens with zero attached hydrogens (tertiary/aromatic N) is 4. The lowest BCUT2D eigenvalue weighted by atomic mass is 10.1. The first-order valence-corrected chi connectivity index (χ1v) is 12.1. The fourth-order valence-electron chi connectivity index (χ4n) is 4.65. The molecule has 1 aliphatic heterocycles. The van der Waals surface area contributed by atoms with Crippen LogP contribution in [-0.2, 0) is 16.0 Å². The molecule has 0 amide bonds. The molecule has 0 unspecified atom stereocenters. The molecule has 1 aliphatic rings. The first kappa shape index (κ1) is 21.7. The molecule has 0 bridgehead atoms. The molecule has 7 rings (SSSR count). The van der Waals surface area contributed by atoms with Gasteiger partial charge in [0, 0.05) is 22.0 Å². The molecule has 1 N–H and O–H groups in total. The predicted molar refractivity (Wildman–Crippen MR) is 140 cm³/mol. The van der Waals surface area contributed by atoms with Gasteiger partial charge in [0.05, 0.1) is 37.0 Å². The Labute approximate surface area is 212 Å². The molecule has 6 aromatic rings. The standard InChI is InChI=1S/C29H23N5O3/c1-2-4-19(5-3-1)17-34-25-9-7-22(14-21(25)16-32-34)33-28-23-15-20(6-8-24(23)30-18-31-28)26-10-11-27(37-26)29-35-12-13-36-29/h1-11,14-16,18,29H,12-13,17H2,(H,30,31,33). The number of nitrogens with one attached hydrogen (secondary N) is 1. The largest absolute Gasteiger partial charge is 0.456 e. The molecule has 1 saturated heterocycles. The summed E-state index contributed by atoms with van der Waals surface area (Å²) in [4.78, 5) is 8.98. The zero-order valence-electron chi connectivity index (χ0n) is 19.9. The summed E-state index contributed by atoms with van der Waals surface area (Å²) in [5, 5.41) is 10.0. The van der Waals surface area contributed by atoms with Crippen molar-refractivity contribution in [1.82, 2.24) is 19.7 Å². The third kappa shape index (κ3) is 4.22. The Morgan fingerprint density at radius 1 is 0.892 bits per heavy atom. The van der Waals surface area contributed by atoms with Gasteiger partial charge in [0.2, 0.25) is 6.29 Å². The van der Waals surface area contributed by atoms with Gasteiger partial charge in [-0.1, -0.05) is 30.3 Å². The van der Waals surface area contributed by atoms with Crippen LogP contribution in [0, 0.1) is 0 Å². The SMILES string of the molecule is c1ccc(Cn2ncc3cc(Nc4ncnc5ccc(-c6ccc(C7OCCO7)o6)cc45)ccc32)cc1. The average molecular weight is 490 g/mol. The summed E-state index contributed by atoms with van der Waals surface area (Å²) in [6, 6.07) is 26.4. The number of rotatable bonds is 6. The van der Waals surface area contributed by atoms with Gasteiger partial charge >= 0.3 is 0 Å². The van der Waals surface area contributed by atoms with Crippen molar-refractivity contribution in [3.8, 4) is 11.3 Å². The fourth-order valence-corrected chi connectivity index (χ4v) is 4.65. The Kier molecular flexibility index (Phi) is 5.38. The monoisotopic (exact) mass is 489 g/mol. The number of fused-ring (bicyclic) bond motifs is 2. The summed E-state index contributed by atoms with van der Waals surface area (Å²) >= 11 is 0. The quantitative estimate of drug-likeness (QED) is 0.303. The molecular formula is C29H23N5O3. The van der Waals surface area contributed by atoms with E-state index in [0.29, 0.717) is 19.0 Å². The van der Waals surface area contributed by atoms with Crippen LogP contribution < -0.4 is 5.32 Å². The number of hydrogen-bond donors (Lipinski definition) is 1. The van der Waals surface area contributed by atoms with E-state index in [1.165, 1.54) is 5.56 Å². The topological polar surface area (TPSA) is 87.2 Å². The van der Waals surface area contributed by atoms with E-state index < -0.39 is 6.29 Å². The van der Waals surface area contributed by atoms with Gasteiger partial charge in [-0.25, -0.2) is 9.97 Å². The lowest BCUT2D eigenvalue weighted by Gasteiger charge is -2.10. The van der Waals surface area contributed by atoms with Crippen LogP contribution in [0.2, 0.25) is 0 Å². The number of hydrogen-bond acceptors (Lipinski definition) is 7. The summed E-state index contributed by atoms with van der Waals surface area (Å²) in [7, 11) is 0. The third-order valence-corrected chi connectivity index (χ3v) is 6.48. The minimum atomic E-state index is -0.443. The van der Waals surface area contributed by atoms with Crippen molar-refractivity contribution >= 4 is 33.3 Å². The Hall–Kier alpha value is -4.53. The van der Waals surface area contributed by atoms with Crippen molar-refractivity contribution in [2.75, 3.05) is 18.5 Å². The molecule has 1 fully saturated rings. The van der Waals surface area contributed by atoms with Crippen molar-refractivity contribution in [3.05, 3.63) is 103 Å². The number of aromatic nitrogens is 4. The van der Waals surface area contributed by atoms with Crippen molar-refractivity contribution in [2.24, 2.45) is 0 Å². The molecule has 8 nitrogen and oxygen atoms in total. The number of anilines is 2. The molecule has 4 heterocycles. The van der Waals surface area contributed by atoms with Crippen LogP contribution in [0.4, 0.5) is 11.5 Å². The van der Waals surface area contributed by atoms with Gasteiger partial charge in [-0.3, -0.25) is 4.68 Å². The summed E-state index contributed by atoms with van der Waals surface area (Å²) in [5.74, 6) is 2.12. The molecule has 0 aliphatic carbocycles. The normalized spacial score (nSPS) is 14.1. The van der Waals surface area contributed by atoms with E-state index in [1.807, 2.05) is 65.5 Å². The van der Waals surface area contributed by atoms with Crippen molar-refractivity contribution in [1.29, 1.82) is 0 Å². The van der Waals surface area contributed by atoms with Crippen LogP contribution in [0.5, 0.6) is 0 Å². The maximum absolute atomic E-state index is 6.03. The Balaban J connectivity index is 1.18. The first-order chi connectivity index (χ1) is 18.3. The number of benzene rings is 3. The second-order valence-electron chi connectivity index (χ2n) is 8.92. The van der Waals surface area contributed by atoms with Crippen molar-refractivity contribution < 1.29 is 13.9 Å². The average Bonchev–Trinajstić information content (AvgIpc) is 3.71. The maximum atomic E-state index is 6.03. The third-order valence-electron chi connectivity index (χ3n) is 6.48. The molecule has 37 heavy (non-hydrogen) atoms. The molecule has 0 spiro atoms. The zero-order valence-corrected chi connectivity index (χ0v) is 19.9. The number of furan rings is 1. The lowest BCUT2D eigenvalue weighted by molar-refractivity contribution is -0.0585. The van der Waals surface area contributed by atoms with E-state index in [-0.39, 0.29) is 0 Å². The van der Waals surface area contributed by atoms with Gasteiger partial charge in [0.25, 0.3) is 0 Å². The van der Waals surface area contributed by atoms with E-state index in [0.717, 1.165) is 51.2 Å². The van der Waals surface area contributed by atoms with Crippen LogP contribution >= 0.6 is 0 Å². The fraction of sp³-hybridized carbons (Fsp3) is 0.138. The molecule has 0 saturated carbocycles. The Bertz CT molecular complexity index is 1700. The predicted octanol–water partition coefficient (Wildman–Crippen LogP) is 6.08. The van der Waals surface area contributed by atoms with Gasteiger partial charge < -0.3 is 19.2 Å². The summed E-state index contributed by atoms with van der Waals surface area (Å²) in [6.07, 6.45) is 3.02. The van der Waals surface area contributed by atoms with Gasteiger partial charge in [0.15, 0.2) is 5.76 Å². The van der Waals surface area contributed by atoms with E-state index in [4.69, 9.17) is 13.9 Å². The van der Waals surface area contributed by atoms with Gasteiger partial charge in [0.1, 0.15) is 17.9 Å². The summed E-state index contributed by atoms with van der Waals surface area (Å²) in [5.41, 5.74) is 4.98. The smallest absolute Gasteiger partial charge is 0.217 e. The summed E-state index contributed by atoms with van der Waals surface area (Å²) < 4.78 is 19.2. The van der Waals surface area contributed by atoms with E-state index in [1.54, 1.807) is 6.33 Å². The molecule has 0 atom stereocenters. The second kappa shape index (κ2) is 9.16. The Morgan fingerprint density at radius 2 is 1.78 bits per heavy atom. The first-order valence-electron chi connectivity index (χ1n) is 12.1. The van der Waals surface area contributed by atoms with E-state index >= 15 is 0 Å². The lowest BCUT2D eigenvalue weighted by Crippen LogP contribution is -2.01. The van der Waals surface area contributed by atoms with Crippen LogP contribution in [0.1, 0.15) is 17.6 Å². The molecular weight excluding hydrogens is 466 g/mol. The highest BCUT2D eigenvalue weighted by molar-refractivity contribution is 5.94. The van der Waals surface area contributed by atoms with E-state index in [2.05, 4.69) is 44.6 Å². The molecule has 8 heteroatoms. The Morgan fingerprint density at radius 3 is 2.68 bits per heavy atom. The molecule has 182 valence electrons. The van der Waals surface area contributed by atoms with Crippen LogP contribution in [0.3, 0.4) is 0 Å². The van der Waals surface area contributed by atoms with Crippen molar-refractivity contribution in [3.63, 3.8) is 0 Å². The number of ether oxygens (including phenoxy) is 2.